The van der Waals surface area contributed by atoms with Gasteiger partial charge in [-0.3, -0.25) is 14.9 Å². The largest absolute Gasteiger partial charge is 0.345 e. The molecule has 0 saturated heterocycles. The third-order valence-electron chi connectivity index (χ3n) is 4.85. The summed E-state index contributed by atoms with van der Waals surface area (Å²) in [4.78, 5) is 27.7. The highest BCUT2D eigenvalue weighted by molar-refractivity contribution is 5.96. The zero-order chi connectivity index (χ0) is 20.4. The van der Waals surface area contributed by atoms with Crippen LogP contribution in [0.3, 0.4) is 0 Å². The highest BCUT2D eigenvalue weighted by Crippen LogP contribution is 2.26. The third kappa shape index (κ3) is 3.58. The predicted molar refractivity (Wildman–Crippen MR) is 110 cm³/mol. The Balaban J connectivity index is 1.63. The number of fused-ring (bicyclic) bond motifs is 1. The van der Waals surface area contributed by atoms with E-state index in [1.54, 1.807) is 22.9 Å². The van der Waals surface area contributed by atoms with Crippen LogP contribution in [0, 0.1) is 10.1 Å². The number of imidazole rings is 1. The van der Waals surface area contributed by atoms with Crippen LogP contribution in [0.4, 0.5) is 5.69 Å². The molecule has 0 aliphatic rings. The van der Waals surface area contributed by atoms with E-state index in [1.807, 2.05) is 49.4 Å². The second-order valence-corrected chi connectivity index (χ2v) is 6.69. The number of carbonyl (C=O) groups is 1. The number of aromatic nitrogens is 2. The van der Waals surface area contributed by atoms with Gasteiger partial charge in [0.1, 0.15) is 5.69 Å². The van der Waals surface area contributed by atoms with Crippen LogP contribution in [0.15, 0.2) is 79.4 Å². The molecule has 0 spiro atoms. The molecule has 4 aromatic rings. The second kappa shape index (κ2) is 7.55. The lowest BCUT2D eigenvalue weighted by Crippen LogP contribution is -2.26. The molecule has 0 fully saturated rings. The fraction of sp³-hybridized carbons (Fsp3) is 0.0909. The molecule has 7 nitrogen and oxygen atoms in total. The van der Waals surface area contributed by atoms with Crippen molar-refractivity contribution in [2.45, 2.75) is 13.0 Å². The first-order valence-electron chi connectivity index (χ1n) is 9.10. The molecule has 3 aromatic carbocycles. The minimum atomic E-state index is -0.500. The Bertz CT molecular complexity index is 1200. The fourth-order valence-corrected chi connectivity index (χ4v) is 3.42. The molecule has 0 aliphatic carbocycles. The molecule has 1 unspecified atom stereocenters. The summed E-state index contributed by atoms with van der Waals surface area (Å²) in [5.41, 5.74) is 1.41. The van der Waals surface area contributed by atoms with Gasteiger partial charge in [0.15, 0.2) is 0 Å². The van der Waals surface area contributed by atoms with Crippen LogP contribution in [0.1, 0.15) is 28.9 Å². The minimum absolute atomic E-state index is 0.159. The van der Waals surface area contributed by atoms with Crippen LogP contribution >= 0.6 is 0 Å². The number of hydrogen-bond acceptors (Lipinski definition) is 4. The number of rotatable bonds is 5. The summed E-state index contributed by atoms with van der Waals surface area (Å²) in [6.07, 6.45) is 4.63. The monoisotopic (exact) mass is 386 g/mol. The lowest BCUT2D eigenvalue weighted by atomic mass is 9.99. The van der Waals surface area contributed by atoms with Gasteiger partial charge in [-0.05, 0) is 35.4 Å². The van der Waals surface area contributed by atoms with Gasteiger partial charge in [-0.15, -0.1) is 0 Å². The number of benzene rings is 3. The van der Waals surface area contributed by atoms with Gasteiger partial charge in [0.2, 0.25) is 0 Å². The van der Waals surface area contributed by atoms with E-state index in [9.17, 15) is 14.9 Å². The SMILES string of the molecule is CC(NC(=O)c1ccc(-n2ccnc2)c([N+](=O)[O-])c1)c1cccc2ccccc12. The maximum absolute atomic E-state index is 12.8. The first-order valence-corrected chi connectivity index (χ1v) is 9.10. The van der Waals surface area contributed by atoms with Gasteiger partial charge >= 0.3 is 0 Å². The van der Waals surface area contributed by atoms with E-state index in [0.29, 0.717) is 5.69 Å². The van der Waals surface area contributed by atoms with E-state index >= 15 is 0 Å². The first kappa shape index (κ1) is 18.4. The Labute approximate surface area is 166 Å². The molecule has 1 atom stereocenters. The van der Waals surface area contributed by atoms with Crippen LogP contribution in [0.25, 0.3) is 16.5 Å². The lowest BCUT2D eigenvalue weighted by molar-refractivity contribution is -0.384. The highest BCUT2D eigenvalue weighted by atomic mass is 16.6. The smallest absolute Gasteiger partial charge is 0.294 e. The third-order valence-corrected chi connectivity index (χ3v) is 4.85. The average Bonchev–Trinajstić information content (AvgIpc) is 3.27. The number of nitrogens with one attached hydrogen (secondary N) is 1. The molecule has 1 amide bonds. The molecule has 7 heteroatoms. The molecule has 0 aliphatic heterocycles. The van der Waals surface area contributed by atoms with Crippen molar-refractivity contribution in [3.63, 3.8) is 0 Å². The maximum atomic E-state index is 12.8. The Kier molecular flexibility index (Phi) is 4.78. The summed E-state index contributed by atoms with van der Waals surface area (Å²) in [6, 6.07) is 18.1. The van der Waals surface area contributed by atoms with Crippen molar-refractivity contribution in [2.75, 3.05) is 0 Å². The number of amides is 1. The van der Waals surface area contributed by atoms with Gasteiger partial charge < -0.3 is 9.88 Å². The molecule has 1 N–H and O–H groups in total. The van der Waals surface area contributed by atoms with Crippen molar-refractivity contribution >= 4 is 22.4 Å². The molecule has 144 valence electrons. The molecular formula is C22H18N4O3. The molecule has 0 radical (unpaired) electrons. The Hall–Kier alpha value is -4.00. The average molecular weight is 386 g/mol. The Morgan fingerprint density at radius 1 is 1.14 bits per heavy atom. The Morgan fingerprint density at radius 3 is 2.69 bits per heavy atom. The van der Waals surface area contributed by atoms with Crippen LogP contribution in [0.2, 0.25) is 0 Å². The van der Waals surface area contributed by atoms with Crippen LogP contribution < -0.4 is 5.32 Å². The van der Waals surface area contributed by atoms with Gasteiger partial charge in [0.05, 0.1) is 17.3 Å². The maximum Gasteiger partial charge on any atom is 0.294 e. The number of carbonyl (C=O) groups excluding carboxylic acids is 1. The zero-order valence-corrected chi connectivity index (χ0v) is 15.6. The quantitative estimate of drug-likeness (QED) is 0.406. The first-order chi connectivity index (χ1) is 14.0. The van der Waals surface area contributed by atoms with Crippen molar-refractivity contribution < 1.29 is 9.72 Å². The molecule has 4 rings (SSSR count). The minimum Gasteiger partial charge on any atom is -0.345 e. The lowest BCUT2D eigenvalue weighted by Gasteiger charge is -2.17. The van der Waals surface area contributed by atoms with Crippen LogP contribution in [0.5, 0.6) is 0 Å². The van der Waals surface area contributed by atoms with Crippen molar-refractivity contribution in [1.82, 2.24) is 14.9 Å². The zero-order valence-electron chi connectivity index (χ0n) is 15.6. The van der Waals surface area contributed by atoms with Gasteiger partial charge in [-0.2, -0.15) is 0 Å². The van der Waals surface area contributed by atoms with E-state index < -0.39 is 4.92 Å². The van der Waals surface area contributed by atoms with Crippen molar-refractivity contribution in [3.05, 3.63) is 101 Å². The van der Waals surface area contributed by atoms with Gasteiger partial charge in [0, 0.05) is 24.0 Å². The molecule has 0 saturated carbocycles. The summed E-state index contributed by atoms with van der Waals surface area (Å²) in [6.45, 7) is 1.90. The van der Waals surface area contributed by atoms with Gasteiger partial charge in [0.25, 0.3) is 11.6 Å². The van der Waals surface area contributed by atoms with Crippen molar-refractivity contribution in [3.8, 4) is 5.69 Å². The van der Waals surface area contributed by atoms with E-state index in [2.05, 4.69) is 10.3 Å². The summed E-state index contributed by atoms with van der Waals surface area (Å²) < 4.78 is 1.54. The Morgan fingerprint density at radius 2 is 1.93 bits per heavy atom. The summed E-state index contributed by atoms with van der Waals surface area (Å²) in [7, 11) is 0. The normalized spacial score (nSPS) is 11.9. The number of hydrogen-bond donors (Lipinski definition) is 1. The number of nitro benzene ring substituents is 1. The number of nitro groups is 1. The molecule has 0 bridgehead atoms. The van der Waals surface area contributed by atoms with Crippen LogP contribution in [-0.4, -0.2) is 20.4 Å². The fourth-order valence-electron chi connectivity index (χ4n) is 3.42. The van der Waals surface area contributed by atoms with Gasteiger partial charge in [-0.1, -0.05) is 42.5 Å². The van der Waals surface area contributed by atoms with E-state index in [0.717, 1.165) is 16.3 Å². The second-order valence-electron chi connectivity index (χ2n) is 6.69. The number of nitrogens with zero attached hydrogens (tertiary/aromatic N) is 3. The van der Waals surface area contributed by atoms with Gasteiger partial charge in [-0.25, -0.2) is 4.98 Å². The van der Waals surface area contributed by atoms with Crippen molar-refractivity contribution in [1.29, 1.82) is 0 Å². The van der Waals surface area contributed by atoms with E-state index in [-0.39, 0.29) is 23.2 Å². The predicted octanol–water partition coefficient (Wildman–Crippen LogP) is 4.42. The van der Waals surface area contributed by atoms with E-state index in [1.165, 1.54) is 18.6 Å². The topological polar surface area (TPSA) is 90.1 Å². The standard InChI is InChI=1S/C22H18N4O3/c1-15(18-8-4-6-16-5-2-3-7-19(16)18)24-22(27)17-9-10-20(21(13-17)26(28)29)25-12-11-23-14-25/h2-15H,1H3,(H,24,27). The summed E-state index contributed by atoms with van der Waals surface area (Å²) in [5, 5.41) is 16.6. The van der Waals surface area contributed by atoms with E-state index in [4.69, 9.17) is 0 Å². The molecule has 29 heavy (non-hydrogen) atoms. The van der Waals surface area contributed by atoms with Crippen molar-refractivity contribution in [2.24, 2.45) is 0 Å². The summed E-state index contributed by atoms with van der Waals surface area (Å²) >= 11 is 0. The summed E-state index contributed by atoms with van der Waals surface area (Å²) in [5.74, 6) is -0.370. The van der Waals surface area contributed by atoms with Crippen LogP contribution in [-0.2, 0) is 0 Å². The molecular weight excluding hydrogens is 368 g/mol. The highest BCUT2D eigenvalue weighted by Gasteiger charge is 2.20. The molecule has 1 heterocycles. The molecule has 1 aromatic heterocycles.